The number of amides is 1. The second kappa shape index (κ2) is 6.92. The number of rotatable bonds is 5. The summed E-state index contributed by atoms with van der Waals surface area (Å²) < 4.78 is 4.63. The summed E-state index contributed by atoms with van der Waals surface area (Å²) in [4.78, 5) is 25.4. The van der Waals surface area contributed by atoms with E-state index < -0.39 is 5.97 Å². The van der Waals surface area contributed by atoms with Crippen LogP contribution in [0.1, 0.15) is 32.3 Å². The Morgan fingerprint density at radius 1 is 1.16 bits per heavy atom. The van der Waals surface area contributed by atoms with Gasteiger partial charge in [-0.1, -0.05) is 30.3 Å². The summed E-state index contributed by atoms with van der Waals surface area (Å²) in [5, 5.41) is 0. The number of hydrogen-bond acceptors (Lipinski definition) is 3. The molecule has 1 rings (SSSR count). The molecule has 0 heterocycles. The SMILES string of the molecule is COC(=O)CN(C(=O)C(C)c1ccccc1)C(C)C. The van der Waals surface area contributed by atoms with E-state index in [0.717, 1.165) is 5.56 Å². The summed E-state index contributed by atoms with van der Waals surface area (Å²) in [5.74, 6) is -0.734. The van der Waals surface area contributed by atoms with E-state index in [9.17, 15) is 9.59 Å². The molecule has 19 heavy (non-hydrogen) atoms. The van der Waals surface area contributed by atoms with Crippen molar-refractivity contribution in [3.05, 3.63) is 35.9 Å². The lowest BCUT2D eigenvalue weighted by Gasteiger charge is -2.28. The van der Waals surface area contributed by atoms with Crippen LogP contribution < -0.4 is 0 Å². The number of benzene rings is 1. The average molecular weight is 263 g/mol. The molecule has 104 valence electrons. The fourth-order valence-electron chi connectivity index (χ4n) is 1.85. The molecular weight excluding hydrogens is 242 g/mol. The highest BCUT2D eigenvalue weighted by atomic mass is 16.5. The first-order valence-corrected chi connectivity index (χ1v) is 6.39. The van der Waals surface area contributed by atoms with Gasteiger partial charge < -0.3 is 9.64 Å². The Morgan fingerprint density at radius 2 is 1.74 bits per heavy atom. The molecule has 0 bridgehead atoms. The maximum absolute atomic E-state index is 12.5. The topological polar surface area (TPSA) is 46.6 Å². The van der Waals surface area contributed by atoms with Crippen molar-refractivity contribution in [1.82, 2.24) is 4.90 Å². The van der Waals surface area contributed by atoms with E-state index in [0.29, 0.717) is 0 Å². The van der Waals surface area contributed by atoms with Crippen molar-refractivity contribution in [2.45, 2.75) is 32.7 Å². The Labute approximate surface area is 114 Å². The molecule has 1 aromatic carbocycles. The van der Waals surface area contributed by atoms with Gasteiger partial charge in [0, 0.05) is 6.04 Å². The molecule has 0 saturated heterocycles. The fourth-order valence-corrected chi connectivity index (χ4v) is 1.85. The summed E-state index contributed by atoms with van der Waals surface area (Å²) in [6.45, 7) is 5.62. The molecule has 0 fully saturated rings. The highest BCUT2D eigenvalue weighted by molar-refractivity contribution is 5.87. The maximum atomic E-state index is 12.5. The van der Waals surface area contributed by atoms with E-state index >= 15 is 0 Å². The summed E-state index contributed by atoms with van der Waals surface area (Å²) in [7, 11) is 1.33. The average Bonchev–Trinajstić information content (AvgIpc) is 2.43. The van der Waals surface area contributed by atoms with Crippen LogP contribution in [0, 0.1) is 0 Å². The molecule has 1 unspecified atom stereocenters. The Bertz CT molecular complexity index is 428. The van der Waals surface area contributed by atoms with Crippen LogP contribution in [0.15, 0.2) is 30.3 Å². The monoisotopic (exact) mass is 263 g/mol. The second-order valence-corrected chi connectivity index (χ2v) is 4.77. The normalized spacial score (nSPS) is 12.1. The van der Waals surface area contributed by atoms with Crippen LogP contribution in [-0.4, -0.2) is 36.5 Å². The van der Waals surface area contributed by atoms with Gasteiger partial charge in [0.05, 0.1) is 13.0 Å². The van der Waals surface area contributed by atoms with Gasteiger partial charge in [-0.2, -0.15) is 0 Å². The third kappa shape index (κ3) is 4.09. The predicted molar refractivity (Wildman–Crippen MR) is 73.7 cm³/mol. The summed E-state index contributed by atoms with van der Waals surface area (Å²) in [6, 6.07) is 9.50. The number of carbonyl (C=O) groups excluding carboxylic acids is 2. The van der Waals surface area contributed by atoms with Crippen molar-refractivity contribution in [3.8, 4) is 0 Å². The van der Waals surface area contributed by atoms with Gasteiger partial charge in [0.25, 0.3) is 0 Å². The van der Waals surface area contributed by atoms with Crippen molar-refractivity contribution in [3.63, 3.8) is 0 Å². The molecule has 0 radical (unpaired) electrons. The maximum Gasteiger partial charge on any atom is 0.325 e. The molecule has 0 aromatic heterocycles. The number of methoxy groups -OCH3 is 1. The molecule has 0 aliphatic rings. The first kappa shape index (κ1) is 15.2. The summed E-state index contributed by atoms with van der Waals surface area (Å²) in [5.41, 5.74) is 0.947. The van der Waals surface area contributed by atoms with Gasteiger partial charge in [0.15, 0.2) is 0 Å². The van der Waals surface area contributed by atoms with E-state index in [1.165, 1.54) is 7.11 Å². The number of hydrogen-bond donors (Lipinski definition) is 0. The van der Waals surface area contributed by atoms with Gasteiger partial charge >= 0.3 is 5.97 Å². The first-order chi connectivity index (χ1) is 8.97. The van der Waals surface area contributed by atoms with E-state index in [4.69, 9.17) is 0 Å². The summed E-state index contributed by atoms with van der Waals surface area (Å²) in [6.07, 6.45) is 0. The van der Waals surface area contributed by atoms with Gasteiger partial charge in [-0.25, -0.2) is 0 Å². The Morgan fingerprint density at radius 3 is 2.21 bits per heavy atom. The molecule has 0 spiro atoms. The van der Waals surface area contributed by atoms with E-state index in [1.807, 2.05) is 51.1 Å². The molecule has 1 aromatic rings. The zero-order chi connectivity index (χ0) is 14.4. The fraction of sp³-hybridized carbons (Fsp3) is 0.467. The van der Waals surface area contributed by atoms with Crippen molar-refractivity contribution in [2.75, 3.05) is 13.7 Å². The minimum Gasteiger partial charge on any atom is -0.468 e. The van der Waals surface area contributed by atoms with Crippen LogP contribution in [0.25, 0.3) is 0 Å². The molecule has 4 nitrogen and oxygen atoms in total. The number of esters is 1. The zero-order valence-corrected chi connectivity index (χ0v) is 11.9. The Kier molecular flexibility index (Phi) is 5.55. The quantitative estimate of drug-likeness (QED) is 0.765. The van der Waals surface area contributed by atoms with Gasteiger partial charge in [-0.3, -0.25) is 9.59 Å². The van der Waals surface area contributed by atoms with Crippen LogP contribution in [0.5, 0.6) is 0 Å². The Hall–Kier alpha value is -1.84. The minimum atomic E-state index is -0.401. The van der Waals surface area contributed by atoms with Crippen LogP contribution >= 0.6 is 0 Å². The van der Waals surface area contributed by atoms with Gasteiger partial charge in [-0.15, -0.1) is 0 Å². The number of ether oxygens (including phenoxy) is 1. The molecule has 0 N–H and O–H groups in total. The molecule has 4 heteroatoms. The zero-order valence-electron chi connectivity index (χ0n) is 11.9. The van der Waals surface area contributed by atoms with Crippen molar-refractivity contribution < 1.29 is 14.3 Å². The first-order valence-electron chi connectivity index (χ1n) is 6.39. The van der Waals surface area contributed by atoms with Crippen molar-refractivity contribution in [1.29, 1.82) is 0 Å². The highest BCUT2D eigenvalue weighted by Crippen LogP contribution is 2.18. The van der Waals surface area contributed by atoms with Crippen LogP contribution in [0.2, 0.25) is 0 Å². The molecule has 0 aliphatic heterocycles. The van der Waals surface area contributed by atoms with Crippen LogP contribution in [0.4, 0.5) is 0 Å². The Balaban J connectivity index is 2.85. The summed E-state index contributed by atoms with van der Waals surface area (Å²) >= 11 is 0. The van der Waals surface area contributed by atoms with Gasteiger partial charge in [0.1, 0.15) is 6.54 Å². The van der Waals surface area contributed by atoms with E-state index in [2.05, 4.69) is 4.74 Å². The molecule has 0 saturated carbocycles. The predicted octanol–water partition coefficient (Wildman–Crippen LogP) is 2.20. The smallest absolute Gasteiger partial charge is 0.325 e. The second-order valence-electron chi connectivity index (χ2n) is 4.77. The number of carbonyl (C=O) groups is 2. The number of nitrogens with zero attached hydrogens (tertiary/aromatic N) is 1. The molecular formula is C15H21NO3. The van der Waals surface area contributed by atoms with Crippen molar-refractivity contribution >= 4 is 11.9 Å². The minimum absolute atomic E-state index is 0.00975. The van der Waals surface area contributed by atoms with Gasteiger partial charge in [-0.05, 0) is 26.3 Å². The standard InChI is InChI=1S/C15H21NO3/c1-11(2)16(10-14(17)19-4)15(18)12(3)13-8-6-5-7-9-13/h5-9,11-12H,10H2,1-4H3. The van der Waals surface area contributed by atoms with Crippen LogP contribution in [-0.2, 0) is 14.3 Å². The van der Waals surface area contributed by atoms with Crippen molar-refractivity contribution in [2.24, 2.45) is 0 Å². The third-order valence-electron chi connectivity index (χ3n) is 3.10. The lowest BCUT2D eigenvalue weighted by molar-refractivity contribution is -0.148. The molecule has 0 aliphatic carbocycles. The van der Waals surface area contributed by atoms with Gasteiger partial charge in [0.2, 0.25) is 5.91 Å². The lowest BCUT2D eigenvalue weighted by Crippen LogP contribution is -2.43. The van der Waals surface area contributed by atoms with E-state index in [1.54, 1.807) is 4.90 Å². The molecule has 1 atom stereocenters. The van der Waals surface area contributed by atoms with E-state index in [-0.39, 0.29) is 24.4 Å². The largest absolute Gasteiger partial charge is 0.468 e. The van der Waals surface area contributed by atoms with Crippen LogP contribution in [0.3, 0.4) is 0 Å². The lowest BCUT2D eigenvalue weighted by atomic mass is 9.99. The molecule has 1 amide bonds. The third-order valence-corrected chi connectivity index (χ3v) is 3.10. The highest BCUT2D eigenvalue weighted by Gasteiger charge is 2.25.